The van der Waals surface area contributed by atoms with Crippen LogP contribution in [0.4, 0.5) is 0 Å². The minimum absolute atomic E-state index is 0.0493. The zero-order valence-electron chi connectivity index (χ0n) is 9.19. The maximum absolute atomic E-state index is 11.8. The molecule has 1 aromatic carbocycles. The number of carbonyl (C=O) groups is 2. The lowest BCUT2D eigenvalue weighted by molar-refractivity contribution is -0.139. The Bertz CT molecular complexity index is 466. The van der Waals surface area contributed by atoms with Crippen LogP contribution in [0.5, 0.6) is 0 Å². The van der Waals surface area contributed by atoms with Gasteiger partial charge in [-0.25, -0.2) is 4.79 Å². The second-order valence-electron chi connectivity index (χ2n) is 3.50. The molecule has 0 saturated heterocycles. The summed E-state index contributed by atoms with van der Waals surface area (Å²) in [5, 5.41) is 20.4. The third-order valence-electron chi connectivity index (χ3n) is 2.20. The number of benzene rings is 1. The van der Waals surface area contributed by atoms with Crippen LogP contribution in [-0.2, 0) is 4.79 Å². The van der Waals surface area contributed by atoms with Gasteiger partial charge >= 0.3 is 5.97 Å². The Kier molecular flexibility index (Phi) is 5.58. The van der Waals surface area contributed by atoms with E-state index in [4.69, 9.17) is 21.8 Å². The lowest BCUT2D eigenvalue weighted by Gasteiger charge is -2.13. The minimum atomic E-state index is -1.19. The topological polar surface area (TPSA) is 86.6 Å². The van der Waals surface area contributed by atoms with Gasteiger partial charge in [0, 0.05) is 22.5 Å². The van der Waals surface area contributed by atoms with Crippen molar-refractivity contribution in [2.45, 2.75) is 12.5 Å². The van der Waals surface area contributed by atoms with E-state index in [1.54, 1.807) is 0 Å². The molecule has 0 saturated carbocycles. The highest BCUT2D eigenvalue weighted by molar-refractivity contribution is 9.10. The summed E-state index contributed by atoms with van der Waals surface area (Å²) in [4.78, 5) is 22.7. The maximum Gasteiger partial charge on any atom is 0.326 e. The van der Waals surface area contributed by atoms with Gasteiger partial charge in [0.15, 0.2) is 0 Å². The number of hydrogen-bond donors (Lipinski definition) is 3. The van der Waals surface area contributed by atoms with Crippen molar-refractivity contribution < 1.29 is 19.8 Å². The Labute approximate surface area is 117 Å². The largest absolute Gasteiger partial charge is 0.480 e. The summed E-state index contributed by atoms with van der Waals surface area (Å²) in [6.45, 7) is -0.320. The third kappa shape index (κ3) is 3.97. The monoisotopic (exact) mass is 335 g/mol. The quantitative estimate of drug-likeness (QED) is 0.763. The molecule has 5 nitrogen and oxygen atoms in total. The first-order chi connectivity index (χ1) is 8.45. The Morgan fingerprint density at radius 1 is 1.44 bits per heavy atom. The molecule has 0 fully saturated rings. The molecule has 0 aliphatic rings. The highest BCUT2D eigenvalue weighted by atomic mass is 79.9. The molecule has 0 aliphatic carbocycles. The fourth-order valence-electron chi connectivity index (χ4n) is 1.30. The lowest BCUT2D eigenvalue weighted by atomic mass is 10.1. The maximum atomic E-state index is 11.8. The molecule has 18 heavy (non-hydrogen) atoms. The van der Waals surface area contributed by atoms with Gasteiger partial charge in [0.05, 0.1) is 5.56 Å². The SMILES string of the molecule is O=C(NC(CCO)C(=O)O)c1ccc(Cl)cc1Br. The van der Waals surface area contributed by atoms with E-state index in [0.29, 0.717) is 9.50 Å². The average Bonchev–Trinajstić information content (AvgIpc) is 2.27. The molecule has 0 heterocycles. The fraction of sp³-hybridized carbons (Fsp3) is 0.273. The highest BCUT2D eigenvalue weighted by Crippen LogP contribution is 2.21. The summed E-state index contributed by atoms with van der Waals surface area (Å²) in [6, 6.07) is 3.44. The van der Waals surface area contributed by atoms with Crippen molar-refractivity contribution >= 4 is 39.4 Å². The van der Waals surface area contributed by atoms with Crippen LogP contribution in [0.3, 0.4) is 0 Å². The van der Waals surface area contributed by atoms with Crippen LogP contribution in [0.15, 0.2) is 22.7 Å². The number of carboxylic acid groups (broad SMARTS) is 1. The number of amides is 1. The van der Waals surface area contributed by atoms with Crippen LogP contribution in [0, 0.1) is 0 Å². The van der Waals surface area contributed by atoms with E-state index in [2.05, 4.69) is 21.2 Å². The summed E-state index contributed by atoms with van der Waals surface area (Å²) in [6.07, 6.45) is -0.0493. The molecule has 0 radical (unpaired) electrons. The van der Waals surface area contributed by atoms with Crippen LogP contribution in [-0.4, -0.2) is 34.7 Å². The summed E-state index contributed by atoms with van der Waals surface area (Å²) in [5.41, 5.74) is 0.281. The van der Waals surface area contributed by atoms with Crippen molar-refractivity contribution in [1.29, 1.82) is 0 Å². The van der Waals surface area contributed by atoms with Crippen molar-refractivity contribution in [3.63, 3.8) is 0 Å². The number of aliphatic hydroxyl groups is 1. The van der Waals surface area contributed by atoms with Crippen molar-refractivity contribution in [3.8, 4) is 0 Å². The summed E-state index contributed by atoms with van der Waals surface area (Å²) < 4.78 is 0.473. The first-order valence-corrected chi connectivity index (χ1v) is 6.22. The molecule has 3 N–H and O–H groups in total. The molecule has 1 rings (SSSR count). The van der Waals surface area contributed by atoms with Crippen molar-refractivity contribution in [1.82, 2.24) is 5.32 Å². The lowest BCUT2D eigenvalue weighted by Crippen LogP contribution is -2.41. The van der Waals surface area contributed by atoms with Gasteiger partial charge in [-0.2, -0.15) is 0 Å². The van der Waals surface area contributed by atoms with Gasteiger partial charge in [-0.3, -0.25) is 4.79 Å². The van der Waals surface area contributed by atoms with Gasteiger partial charge in [0.2, 0.25) is 0 Å². The number of hydrogen-bond acceptors (Lipinski definition) is 3. The zero-order chi connectivity index (χ0) is 13.7. The number of halogens is 2. The molecule has 0 bridgehead atoms. The van der Waals surface area contributed by atoms with Gasteiger partial charge in [-0.05, 0) is 34.1 Å². The van der Waals surface area contributed by atoms with Crippen LogP contribution in [0.25, 0.3) is 0 Å². The fourth-order valence-corrected chi connectivity index (χ4v) is 2.16. The van der Waals surface area contributed by atoms with Crippen LogP contribution < -0.4 is 5.32 Å². The number of aliphatic hydroxyl groups excluding tert-OH is 1. The second kappa shape index (κ2) is 6.72. The Hall–Kier alpha value is -1.11. The molecule has 1 unspecified atom stereocenters. The first kappa shape index (κ1) is 14.9. The molecule has 0 aromatic heterocycles. The van der Waals surface area contributed by atoms with Crippen molar-refractivity contribution in [3.05, 3.63) is 33.3 Å². The molecule has 7 heteroatoms. The van der Waals surface area contributed by atoms with E-state index in [1.165, 1.54) is 18.2 Å². The predicted octanol–water partition coefficient (Wildman–Crippen LogP) is 1.67. The van der Waals surface area contributed by atoms with Gasteiger partial charge in [-0.1, -0.05) is 11.6 Å². The van der Waals surface area contributed by atoms with E-state index in [-0.39, 0.29) is 18.6 Å². The Balaban J connectivity index is 2.83. The molecule has 0 aliphatic heterocycles. The summed E-state index contributed by atoms with van der Waals surface area (Å²) in [7, 11) is 0. The summed E-state index contributed by atoms with van der Waals surface area (Å²) in [5.74, 6) is -1.73. The number of aliphatic carboxylic acids is 1. The van der Waals surface area contributed by atoms with E-state index in [0.717, 1.165) is 0 Å². The van der Waals surface area contributed by atoms with Crippen molar-refractivity contribution in [2.75, 3.05) is 6.61 Å². The van der Waals surface area contributed by atoms with E-state index < -0.39 is 17.9 Å². The average molecular weight is 337 g/mol. The molecule has 1 aromatic rings. The standard InChI is InChI=1S/C11H11BrClNO4/c12-8-5-6(13)1-2-7(8)10(16)14-9(3-4-15)11(17)18/h1-2,5,9,15H,3-4H2,(H,14,16)(H,17,18). The minimum Gasteiger partial charge on any atom is -0.480 e. The Morgan fingerprint density at radius 3 is 2.61 bits per heavy atom. The molecule has 1 atom stereocenters. The van der Waals surface area contributed by atoms with Gasteiger partial charge in [-0.15, -0.1) is 0 Å². The zero-order valence-corrected chi connectivity index (χ0v) is 11.5. The van der Waals surface area contributed by atoms with Crippen LogP contribution in [0.2, 0.25) is 5.02 Å². The predicted molar refractivity (Wildman–Crippen MR) is 69.7 cm³/mol. The van der Waals surface area contributed by atoms with E-state index in [1.807, 2.05) is 0 Å². The molecule has 1 amide bonds. The van der Waals surface area contributed by atoms with Crippen LogP contribution in [0.1, 0.15) is 16.8 Å². The van der Waals surface area contributed by atoms with Gasteiger partial charge in [0.25, 0.3) is 5.91 Å². The number of carbonyl (C=O) groups excluding carboxylic acids is 1. The third-order valence-corrected chi connectivity index (χ3v) is 3.09. The number of nitrogens with one attached hydrogen (secondary N) is 1. The van der Waals surface area contributed by atoms with E-state index >= 15 is 0 Å². The molecular formula is C11H11BrClNO4. The molecule has 98 valence electrons. The van der Waals surface area contributed by atoms with Gasteiger partial charge < -0.3 is 15.5 Å². The number of rotatable bonds is 5. The Morgan fingerprint density at radius 2 is 2.11 bits per heavy atom. The smallest absolute Gasteiger partial charge is 0.326 e. The molecular weight excluding hydrogens is 325 g/mol. The number of carboxylic acids is 1. The second-order valence-corrected chi connectivity index (χ2v) is 4.79. The normalized spacial score (nSPS) is 11.9. The molecule has 0 spiro atoms. The van der Waals surface area contributed by atoms with Gasteiger partial charge in [0.1, 0.15) is 6.04 Å². The first-order valence-electron chi connectivity index (χ1n) is 5.05. The summed E-state index contributed by atoms with van der Waals surface area (Å²) >= 11 is 8.91. The van der Waals surface area contributed by atoms with Crippen LogP contribution >= 0.6 is 27.5 Å². The highest BCUT2D eigenvalue weighted by Gasteiger charge is 2.21. The van der Waals surface area contributed by atoms with Crippen molar-refractivity contribution in [2.24, 2.45) is 0 Å². The van der Waals surface area contributed by atoms with E-state index in [9.17, 15) is 9.59 Å².